The second kappa shape index (κ2) is 7.29. The zero-order valence-corrected chi connectivity index (χ0v) is 12.4. The van der Waals surface area contributed by atoms with E-state index in [1.54, 1.807) is 7.11 Å². The van der Waals surface area contributed by atoms with Crippen molar-refractivity contribution in [3.05, 3.63) is 29.8 Å². The van der Waals surface area contributed by atoms with Crippen molar-refractivity contribution in [3.63, 3.8) is 0 Å². The van der Waals surface area contributed by atoms with Crippen LogP contribution in [0.25, 0.3) is 0 Å². The lowest BCUT2D eigenvalue weighted by molar-refractivity contribution is -0.129. The Morgan fingerprint density at radius 1 is 1.40 bits per heavy atom. The number of amides is 1. The number of nitrogens with zero attached hydrogens (tertiary/aromatic N) is 1. The van der Waals surface area contributed by atoms with Crippen LogP contribution in [0.1, 0.15) is 18.4 Å². The zero-order valence-electron chi connectivity index (χ0n) is 12.4. The van der Waals surface area contributed by atoms with Crippen LogP contribution in [-0.2, 0) is 11.2 Å². The van der Waals surface area contributed by atoms with Crippen molar-refractivity contribution in [2.45, 2.75) is 19.3 Å². The third-order valence-corrected chi connectivity index (χ3v) is 3.91. The molecule has 0 unspecified atom stereocenters. The van der Waals surface area contributed by atoms with Gasteiger partial charge in [-0.25, -0.2) is 0 Å². The lowest BCUT2D eigenvalue weighted by Crippen LogP contribution is -2.37. The van der Waals surface area contributed by atoms with Crippen molar-refractivity contribution in [1.82, 2.24) is 10.2 Å². The maximum absolute atomic E-state index is 12.3. The normalized spacial score (nSPS) is 15.9. The summed E-state index contributed by atoms with van der Waals surface area (Å²) in [5.74, 6) is 1.61. The van der Waals surface area contributed by atoms with Crippen LogP contribution in [0.15, 0.2) is 24.3 Å². The number of ether oxygens (including phenoxy) is 1. The van der Waals surface area contributed by atoms with Gasteiger partial charge in [0.15, 0.2) is 0 Å². The van der Waals surface area contributed by atoms with Gasteiger partial charge >= 0.3 is 0 Å². The van der Waals surface area contributed by atoms with E-state index in [0.29, 0.717) is 12.3 Å². The molecule has 0 spiro atoms. The molecule has 0 bridgehead atoms. The SMILES string of the molecule is COc1cccc(CC(=O)N(C)CC2CCNCC2)c1. The van der Waals surface area contributed by atoms with Crippen LogP contribution in [0.2, 0.25) is 0 Å². The zero-order chi connectivity index (χ0) is 14.4. The molecule has 1 saturated heterocycles. The number of nitrogens with one attached hydrogen (secondary N) is 1. The molecule has 1 aromatic carbocycles. The van der Waals surface area contributed by atoms with Gasteiger partial charge in [0, 0.05) is 13.6 Å². The smallest absolute Gasteiger partial charge is 0.226 e. The minimum absolute atomic E-state index is 0.178. The lowest BCUT2D eigenvalue weighted by Gasteiger charge is -2.27. The molecular formula is C16H24N2O2. The Morgan fingerprint density at radius 3 is 2.85 bits per heavy atom. The van der Waals surface area contributed by atoms with E-state index < -0.39 is 0 Å². The topological polar surface area (TPSA) is 41.6 Å². The molecule has 4 heteroatoms. The lowest BCUT2D eigenvalue weighted by atomic mass is 9.97. The average molecular weight is 276 g/mol. The molecule has 0 aliphatic carbocycles. The summed E-state index contributed by atoms with van der Waals surface area (Å²) >= 11 is 0. The van der Waals surface area contributed by atoms with Crippen LogP contribution < -0.4 is 10.1 Å². The van der Waals surface area contributed by atoms with Crippen molar-refractivity contribution in [1.29, 1.82) is 0 Å². The number of piperidine rings is 1. The minimum Gasteiger partial charge on any atom is -0.497 e. The second-order valence-corrected chi connectivity index (χ2v) is 5.50. The summed E-state index contributed by atoms with van der Waals surface area (Å²) in [4.78, 5) is 14.1. The standard InChI is InChI=1S/C16H24N2O2/c1-18(12-13-6-8-17-9-7-13)16(19)11-14-4-3-5-15(10-14)20-2/h3-5,10,13,17H,6-9,11-12H2,1-2H3. The maximum atomic E-state index is 12.3. The first-order valence-electron chi connectivity index (χ1n) is 7.26. The van der Waals surface area contributed by atoms with Gasteiger partial charge in [0.05, 0.1) is 13.5 Å². The largest absolute Gasteiger partial charge is 0.497 e. The highest BCUT2D eigenvalue weighted by atomic mass is 16.5. The molecule has 1 aliphatic heterocycles. The van der Waals surface area contributed by atoms with E-state index in [4.69, 9.17) is 4.74 Å². The molecule has 4 nitrogen and oxygen atoms in total. The summed E-state index contributed by atoms with van der Waals surface area (Å²) in [6, 6.07) is 7.72. The van der Waals surface area contributed by atoms with Gasteiger partial charge in [-0.05, 0) is 49.5 Å². The first-order chi connectivity index (χ1) is 9.69. The number of benzene rings is 1. The number of hydrogen-bond acceptors (Lipinski definition) is 3. The highest BCUT2D eigenvalue weighted by molar-refractivity contribution is 5.78. The van der Waals surface area contributed by atoms with Crippen molar-refractivity contribution < 1.29 is 9.53 Å². The van der Waals surface area contributed by atoms with E-state index >= 15 is 0 Å². The molecule has 1 aromatic rings. The molecule has 1 amide bonds. The molecule has 1 heterocycles. The van der Waals surface area contributed by atoms with E-state index in [-0.39, 0.29) is 5.91 Å². The average Bonchev–Trinajstić information content (AvgIpc) is 2.48. The minimum atomic E-state index is 0.178. The molecule has 1 N–H and O–H groups in total. The van der Waals surface area contributed by atoms with Crippen molar-refractivity contribution >= 4 is 5.91 Å². The third-order valence-electron chi connectivity index (χ3n) is 3.91. The predicted molar refractivity (Wildman–Crippen MR) is 79.9 cm³/mol. The molecular weight excluding hydrogens is 252 g/mol. The number of carbonyl (C=O) groups is 1. The quantitative estimate of drug-likeness (QED) is 0.890. The van der Waals surface area contributed by atoms with Gasteiger partial charge in [0.25, 0.3) is 0 Å². The first-order valence-corrected chi connectivity index (χ1v) is 7.26. The monoisotopic (exact) mass is 276 g/mol. The van der Waals surface area contributed by atoms with Gasteiger partial charge in [0.1, 0.15) is 5.75 Å². The Kier molecular flexibility index (Phi) is 5.41. The Bertz CT molecular complexity index is 442. The third kappa shape index (κ3) is 4.23. The van der Waals surface area contributed by atoms with Crippen LogP contribution in [0, 0.1) is 5.92 Å². The van der Waals surface area contributed by atoms with Gasteiger partial charge in [-0.1, -0.05) is 12.1 Å². The second-order valence-electron chi connectivity index (χ2n) is 5.50. The van der Waals surface area contributed by atoms with Crippen LogP contribution in [-0.4, -0.2) is 44.6 Å². The molecule has 0 atom stereocenters. The van der Waals surface area contributed by atoms with Crippen LogP contribution in [0.4, 0.5) is 0 Å². The van der Waals surface area contributed by atoms with Crippen LogP contribution in [0.5, 0.6) is 5.75 Å². The van der Waals surface area contributed by atoms with E-state index in [0.717, 1.165) is 43.8 Å². The number of likely N-dealkylation sites (N-methyl/N-ethyl adjacent to an activating group) is 1. The highest BCUT2D eigenvalue weighted by Gasteiger charge is 2.18. The molecule has 2 rings (SSSR count). The van der Waals surface area contributed by atoms with E-state index in [9.17, 15) is 4.79 Å². The highest BCUT2D eigenvalue weighted by Crippen LogP contribution is 2.15. The fraction of sp³-hybridized carbons (Fsp3) is 0.562. The Labute approximate surface area is 121 Å². The molecule has 0 saturated carbocycles. The molecule has 0 aromatic heterocycles. The summed E-state index contributed by atoms with van der Waals surface area (Å²) in [5, 5.41) is 3.35. The van der Waals surface area contributed by atoms with Gasteiger partial charge in [-0.3, -0.25) is 4.79 Å². The van der Waals surface area contributed by atoms with Gasteiger partial charge < -0.3 is 15.0 Å². The van der Waals surface area contributed by atoms with E-state index in [2.05, 4.69) is 5.32 Å². The molecule has 0 radical (unpaired) electrons. The number of rotatable bonds is 5. The van der Waals surface area contributed by atoms with Crippen molar-refractivity contribution in [2.24, 2.45) is 5.92 Å². The van der Waals surface area contributed by atoms with Gasteiger partial charge in [-0.2, -0.15) is 0 Å². The maximum Gasteiger partial charge on any atom is 0.226 e. The first kappa shape index (κ1) is 14.9. The summed E-state index contributed by atoms with van der Waals surface area (Å²) in [7, 11) is 3.55. The van der Waals surface area contributed by atoms with Crippen LogP contribution >= 0.6 is 0 Å². The van der Waals surface area contributed by atoms with Gasteiger partial charge in [0.2, 0.25) is 5.91 Å². The summed E-state index contributed by atoms with van der Waals surface area (Å²) < 4.78 is 5.19. The molecule has 1 fully saturated rings. The predicted octanol–water partition coefficient (Wildman–Crippen LogP) is 1.70. The Morgan fingerprint density at radius 2 is 2.15 bits per heavy atom. The Hall–Kier alpha value is -1.55. The van der Waals surface area contributed by atoms with Gasteiger partial charge in [-0.15, -0.1) is 0 Å². The van der Waals surface area contributed by atoms with E-state index in [1.165, 1.54) is 0 Å². The number of methoxy groups -OCH3 is 1. The summed E-state index contributed by atoms with van der Waals surface area (Å²) in [6.07, 6.45) is 2.77. The fourth-order valence-corrected chi connectivity index (χ4v) is 2.65. The molecule has 1 aliphatic rings. The van der Waals surface area contributed by atoms with Crippen LogP contribution in [0.3, 0.4) is 0 Å². The number of carbonyl (C=O) groups excluding carboxylic acids is 1. The summed E-state index contributed by atoms with van der Waals surface area (Å²) in [5.41, 5.74) is 1.01. The van der Waals surface area contributed by atoms with E-state index in [1.807, 2.05) is 36.2 Å². The Balaban J connectivity index is 1.86. The number of hydrogen-bond donors (Lipinski definition) is 1. The molecule has 20 heavy (non-hydrogen) atoms. The summed E-state index contributed by atoms with van der Waals surface area (Å²) in [6.45, 7) is 3.01. The fourth-order valence-electron chi connectivity index (χ4n) is 2.65. The van der Waals surface area contributed by atoms with Crippen molar-refractivity contribution in [3.8, 4) is 5.75 Å². The molecule has 110 valence electrons. The van der Waals surface area contributed by atoms with Crippen molar-refractivity contribution in [2.75, 3.05) is 33.8 Å².